The van der Waals surface area contributed by atoms with Crippen LogP contribution in [0.25, 0.3) is 6.08 Å². The summed E-state index contributed by atoms with van der Waals surface area (Å²) in [6.45, 7) is 0. The van der Waals surface area contributed by atoms with Crippen LogP contribution in [0.1, 0.15) is 11.1 Å². The summed E-state index contributed by atoms with van der Waals surface area (Å²) in [7, 11) is 0. The Labute approximate surface area is 179 Å². The Morgan fingerprint density at radius 3 is 2.20 bits per heavy atom. The van der Waals surface area contributed by atoms with Crippen LogP contribution in [0.15, 0.2) is 84.6 Å². The number of imide groups is 1. The molecule has 0 spiro atoms. The van der Waals surface area contributed by atoms with Gasteiger partial charge in [0.1, 0.15) is 17.2 Å². The van der Waals surface area contributed by atoms with Crippen LogP contribution in [0.4, 0.5) is 10.5 Å². The van der Waals surface area contributed by atoms with E-state index in [0.717, 1.165) is 22.4 Å². The van der Waals surface area contributed by atoms with Gasteiger partial charge in [-0.05, 0) is 60.0 Å². The zero-order chi connectivity index (χ0) is 20.9. The van der Waals surface area contributed by atoms with Crippen molar-refractivity contribution in [3.8, 4) is 11.5 Å². The van der Waals surface area contributed by atoms with Crippen molar-refractivity contribution >= 4 is 35.3 Å². The number of hydrogen-bond donors (Lipinski definition) is 1. The van der Waals surface area contributed by atoms with Gasteiger partial charge in [0.05, 0.1) is 5.69 Å². The molecule has 5 nitrogen and oxygen atoms in total. The number of alkyl halides is 1. The van der Waals surface area contributed by atoms with E-state index in [1.165, 1.54) is 0 Å². The quantitative estimate of drug-likeness (QED) is 0.333. The molecule has 1 aliphatic heterocycles. The lowest BCUT2D eigenvalue weighted by atomic mass is 10.1. The molecule has 4 rings (SSSR count). The first kappa shape index (κ1) is 19.7. The topological polar surface area (TPSA) is 58.6 Å². The molecule has 3 amide bonds. The molecular weight excluding hydrogens is 400 g/mol. The van der Waals surface area contributed by atoms with Crippen LogP contribution >= 0.6 is 11.6 Å². The van der Waals surface area contributed by atoms with Crippen LogP contribution in [0, 0.1) is 0 Å². The van der Waals surface area contributed by atoms with Gasteiger partial charge in [0.25, 0.3) is 5.91 Å². The number of nitrogens with one attached hydrogen (secondary N) is 1. The standard InChI is InChI=1S/C24H19ClN2O3/c25-15-14-17-6-8-18(9-7-17)16-22-23(28)27(24(29)26-22)19-10-12-21(13-11-19)30-20-4-2-1-3-5-20/h1-13,16H,14-15H2,(H,26,29). The smallest absolute Gasteiger partial charge is 0.333 e. The molecule has 0 radical (unpaired) electrons. The Bertz CT molecular complexity index is 1080. The van der Waals surface area contributed by atoms with Crippen LogP contribution < -0.4 is 15.0 Å². The highest BCUT2D eigenvalue weighted by Gasteiger charge is 2.34. The highest BCUT2D eigenvalue weighted by atomic mass is 35.5. The molecule has 0 bridgehead atoms. The number of urea groups is 1. The molecule has 1 saturated heterocycles. The van der Waals surface area contributed by atoms with E-state index in [1.54, 1.807) is 30.3 Å². The van der Waals surface area contributed by atoms with Gasteiger partial charge in [-0.15, -0.1) is 11.6 Å². The fourth-order valence-corrected chi connectivity index (χ4v) is 3.33. The SMILES string of the molecule is O=C1NC(=Cc2ccc(CCCl)cc2)C(=O)N1c1ccc(Oc2ccccc2)cc1. The minimum Gasteiger partial charge on any atom is -0.457 e. The highest BCUT2D eigenvalue weighted by Crippen LogP contribution is 2.27. The number of carbonyl (C=O) groups excluding carboxylic acids is 2. The highest BCUT2D eigenvalue weighted by molar-refractivity contribution is 6.28. The lowest BCUT2D eigenvalue weighted by molar-refractivity contribution is -0.113. The average molecular weight is 419 g/mol. The largest absolute Gasteiger partial charge is 0.457 e. The minimum atomic E-state index is -0.485. The third-order valence-corrected chi connectivity index (χ3v) is 4.81. The molecule has 1 heterocycles. The normalized spacial score (nSPS) is 14.8. The number of halogens is 1. The summed E-state index contributed by atoms with van der Waals surface area (Å²) in [6.07, 6.45) is 2.45. The molecule has 6 heteroatoms. The Kier molecular flexibility index (Phi) is 5.82. The van der Waals surface area contributed by atoms with E-state index in [1.807, 2.05) is 54.6 Å². The molecule has 0 saturated carbocycles. The van der Waals surface area contributed by atoms with Gasteiger partial charge in [-0.1, -0.05) is 42.5 Å². The molecule has 0 aliphatic carbocycles. The van der Waals surface area contributed by atoms with Crippen molar-refractivity contribution in [3.63, 3.8) is 0 Å². The maximum atomic E-state index is 12.8. The van der Waals surface area contributed by atoms with Gasteiger partial charge >= 0.3 is 6.03 Å². The molecular formula is C24H19ClN2O3. The molecule has 30 heavy (non-hydrogen) atoms. The number of benzene rings is 3. The maximum Gasteiger partial charge on any atom is 0.333 e. The van der Waals surface area contributed by atoms with Gasteiger partial charge in [0.2, 0.25) is 0 Å². The Balaban J connectivity index is 1.49. The summed E-state index contributed by atoms with van der Waals surface area (Å²) in [4.78, 5) is 26.3. The molecule has 1 aliphatic rings. The number of aryl methyl sites for hydroxylation is 1. The van der Waals surface area contributed by atoms with Crippen molar-refractivity contribution in [1.82, 2.24) is 5.32 Å². The molecule has 3 aromatic rings. The van der Waals surface area contributed by atoms with Crippen molar-refractivity contribution in [2.45, 2.75) is 6.42 Å². The Morgan fingerprint density at radius 2 is 1.53 bits per heavy atom. The van der Waals surface area contributed by atoms with Gasteiger partial charge in [0.15, 0.2) is 0 Å². The number of carbonyl (C=O) groups is 2. The van der Waals surface area contributed by atoms with Gasteiger partial charge < -0.3 is 10.1 Å². The van der Waals surface area contributed by atoms with Gasteiger partial charge in [-0.25, -0.2) is 9.69 Å². The van der Waals surface area contributed by atoms with Crippen molar-refractivity contribution in [2.75, 3.05) is 10.8 Å². The van der Waals surface area contributed by atoms with E-state index in [9.17, 15) is 9.59 Å². The summed E-state index contributed by atoms with van der Waals surface area (Å²) >= 11 is 5.76. The summed E-state index contributed by atoms with van der Waals surface area (Å²) in [5.74, 6) is 1.48. The van der Waals surface area contributed by atoms with E-state index >= 15 is 0 Å². The van der Waals surface area contributed by atoms with E-state index < -0.39 is 11.9 Å². The number of rotatable bonds is 6. The second kappa shape index (κ2) is 8.84. The van der Waals surface area contributed by atoms with Crippen molar-refractivity contribution in [3.05, 3.63) is 95.7 Å². The first-order chi connectivity index (χ1) is 14.6. The number of nitrogens with zero attached hydrogens (tertiary/aromatic N) is 1. The van der Waals surface area contributed by atoms with E-state index in [2.05, 4.69) is 5.32 Å². The molecule has 0 unspecified atom stereocenters. The van der Waals surface area contributed by atoms with Crippen LogP contribution in [0.5, 0.6) is 11.5 Å². The molecule has 0 atom stereocenters. The summed E-state index contributed by atoms with van der Waals surface area (Å²) in [5, 5.41) is 2.64. The second-order valence-electron chi connectivity index (χ2n) is 6.72. The zero-order valence-electron chi connectivity index (χ0n) is 16.0. The monoisotopic (exact) mass is 418 g/mol. The molecule has 0 aromatic heterocycles. The Morgan fingerprint density at radius 1 is 0.867 bits per heavy atom. The second-order valence-corrected chi connectivity index (χ2v) is 7.10. The lowest BCUT2D eigenvalue weighted by Crippen LogP contribution is -2.30. The van der Waals surface area contributed by atoms with E-state index in [4.69, 9.17) is 16.3 Å². The first-order valence-corrected chi connectivity index (χ1v) is 10.0. The third-order valence-electron chi connectivity index (χ3n) is 4.63. The summed E-state index contributed by atoms with van der Waals surface area (Å²) in [5.41, 5.74) is 2.65. The number of hydrogen-bond acceptors (Lipinski definition) is 3. The predicted octanol–water partition coefficient (Wildman–Crippen LogP) is 5.36. The van der Waals surface area contributed by atoms with Crippen LogP contribution in [-0.4, -0.2) is 17.8 Å². The first-order valence-electron chi connectivity index (χ1n) is 9.49. The van der Waals surface area contributed by atoms with Crippen LogP contribution in [-0.2, 0) is 11.2 Å². The predicted molar refractivity (Wildman–Crippen MR) is 118 cm³/mol. The van der Waals surface area contributed by atoms with Crippen molar-refractivity contribution in [2.24, 2.45) is 0 Å². The van der Waals surface area contributed by atoms with Crippen molar-refractivity contribution in [1.29, 1.82) is 0 Å². The van der Waals surface area contributed by atoms with Crippen molar-refractivity contribution < 1.29 is 14.3 Å². The molecule has 1 fully saturated rings. The minimum absolute atomic E-state index is 0.231. The van der Waals surface area contributed by atoms with E-state index in [-0.39, 0.29) is 5.70 Å². The maximum absolute atomic E-state index is 12.8. The van der Waals surface area contributed by atoms with E-state index in [0.29, 0.717) is 23.1 Å². The number of anilines is 1. The van der Waals surface area contributed by atoms with Gasteiger partial charge in [0, 0.05) is 5.88 Å². The number of amides is 3. The number of ether oxygens (including phenoxy) is 1. The van der Waals surface area contributed by atoms with Crippen LogP contribution in [0.3, 0.4) is 0 Å². The molecule has 3 aromatic carbocycles. The van der Waals surface area contributed by atoms with Gasteiger partial charge in [-0.3, -0.25) is 4.79 Å². The lowest BCUT2D eigenvalue weighted by Gasteiger charge is -2.13. The zero-order valence-corrected chi connectivity index (χ0v) is 16.8. The third kappa shape index (κ3) is 4.36. The van der Waals surface area contributed by atoms with Gasteiger partial charge in [-0.2, -0.15) is 0 Å². The van der Waals surface area contributed by atoms with Crippen LogP contribution in [0.2, 0.25) is 0 Å². The average Bonchev–Trinajstić information content (AvgIpc) is 3.04. The fourth-order valence-electron chi connectivity index (χ4n) is 3.11. The summed E-state index contributed by atoms with van der Waals surface area (Å²) < 4.78 is 5.75. The Hall–Kier alpha value is -3.57. The summed E-state index contributed by atoms with van der Waals surface area (Å²) in [6, 6.07) is 23.4. The number of para-hydroxylation sites is 1. The molecule has 150 valence electrons. The fraction of sp³-hybridized carbons (Fsp3) is 0.0833. The molecule has 1 N–H and O–H groups in total.